The Balaban J connectivity index is 2.11. The first-order valence-corrected chi connectivity index (χ1v) is 6.92. The lowest BCUT2D eigenvalue weighted by molar-refractivity contribution is 0.627. The Bertz CT molecular complexity index is 523. The molecule has 0 saturated heterocycles. The molecule has 0 atom stereocenters. The number of nitrogens with one attached hydrogen (secondary N) is 1. The van der Waals surface area contributed by atoms with Gasteiger partial charge in [0.05, 0.1) is 12.2 Å². The average molecular weight is 308 g/mol. The zero-order valence-corrected chi connectivity index (χ0v) is 12.6. The van der Waals surface area contributed by atoms with Crippen LogP contribution in [-0.4, -0.2) is 9.78 Å². The highest BCUT2D eigenvalue weighted by molar-refractivity contribution is 9.10. The molecule has 1 aromatic heterocycles. The predicted molar refractivity (Wildman–Crippen MR) is 78.8 cm³/mol. The van der Waals surface area contributed by atoms with Crippen LogP contribution in [0.15, 0.2) is 28.9 Å². The second kappa shape index (κ2) is 5.57. The van der Waals surface area contributed by atoms with Crippen molar-refractivity contribution in [2.45, 2.75) is 33.9 Å². The molecule has 2 rings (SSSR count). The van der Waals surface area contributed by atoms with Gasteiger partial charge in [-0.25, -0.2) is 0 Å². The normalized spacial score (nSPS) is 10.7. The van der Waals surface area contributed by atoms with Gasteiger partial charge in [0.2, 0.25) is 0 Å². The highest BCUT2D eigenvalue weighted by atomic mass is 79.9. The summed E-state index contributed by atoms with van der Waals surface area (Å²) in [5.41, 5.74) is 4.86. The maximum Gasteiger partial charge on any atom is 0.0575 e. The largest absolute Gasteiger partial charge is 0.379 e. The number of aryl methyl sites for hydroxylation is 3. The Morgan fingerprint density at radius 3 is 2.56 bits per heavy atom. The molecule has 0 fully saturated rings. The topological polar surface area (TPSA) is 29.9 Å². The molecule has 0 bridgehead atoms. The zero-order chi connectivity index (χ0) is 13.1. The Morgan fingerprint density at radius 1 is 1.28 bits per heavy atom. The molecule has 0 aliphatic rings. The van der Waals surface area contributed by atoms with Crippen molar-refractivity contribution in [1.82, 2.24) is 9.78 Å². The first-order valence-electron chi connectivity index (χ1n) is 6.13. The summed E-state index contributed by atoms with van der Waals surface area (Å²) in [4.78, 5) is 0. The number of nitrogens with zero attached hydrogens (tertiary/aromatic N) is 2. The van der Waals surface area contributed by atoms with Crippen molar-refractivity contribution in [3.63, 3.8) is 0 Å². The number of aromatic nitrogens is 2. The number of hydrogen-bond acceptors (Lipinski definition) is 2. The molecule has 0 spiro atoms. The fourth-order valence-corrected chi connectivity index (χ4v) is 2.26. The lowest BCUT2D eigenvalue weighted by Gasteiger charge is -2.11. The molecule has 96 valence electrons. The van der Waals surface area contributed by atoms with E-state index in [2.05, 4.69) is 65.3 Å². The Labute approximate surface area is 116 Å². The van der Waals surface area contributed by atoms with E-state index in [1.165, 1.54) is 21.3 Å². The highest BCUT2D eigenvalue weighted by Crippen LogP contribution is 2.25. The molecule has 0 aliphatic heterocycles. The summed E-state index contributed by atoms with van der Waals surface area (Å²) in [6, 6.07) is 6.36. The van der Waals surface area contributed by atoms with E-state index in [1.54, 1.807) is 0 Å². The van der Waals surface area contributed by atoms with Crippen LogP contribution in [0, 0.1) is 13.8 Å². The average Bonchev–Trinajstić information content (AvgIpc) is 2.80. The van der Waals surface area contributed by atoms with E-state index in [0.717, 1.165) is 18.8 Å². The lowest BCUT2D eigenvalue weighted by atomic mass is 10.1. The van der Waals surface area contributed by atoms with E-state index in [0.29, 0.717) is 0 Å². The molecule has 1 N–H and O–H groups in total. The summed E-state index contributed by atoms with van der Waals surface area (Å²) in [7, 11) is 0. The molecule has 0 aliphatic carbocycles. The number of anilines is 1. The highest BCUT2D eigenvalue weighted by Gasteiger charge is 2.04. The van der Waals surface area contributed by atoms with Crippen LogP contribution in [0.3, 0.4) is 0 Å². The Hall–Kier alpha value is -1.29. The molecule has 1 heterocycles. The molecular weight excluding hydrogens is 290 g/mol. The van der Waals surface area contributed by atoms with E-state index in [9.17, 15) is 0 Å². The standard InChI is InChI=1S/C14H18BrN3/c1-4-18-13(5-6-17-18)9-16-12-7-10(2)14(15)11(3)8-12/h5-8,16H,4,9H2,1-3H3. The summed E-state index contributed by atoms with van der Waals surface area (Å²) in [5.74, 6) is 0. The summed E-state index contributed by atoms with van der Waals surface area (Å²) < 4.78 is 3.19. The molecule has 18 heavy (non-hydrogen) atoms. The van der Waals surface area contributed by atoms with Gasteiger partial charge in [0.25, 0.3) is 0 Å². The smallest absolute Gasteiger partial charge is 0.0575 e. The van der Waals surface area contributed by atoms with E-state index in [1.807, 2.05) is 10.9 Å². The van der Waals surface area contributed by atoms with Gasteiger partial charge in [0.1, 0.15) is 0 Å². The molecule has 4 heteroatoms. The van der Waals surface area contributed by atoms with Crippen LogP contribution in [0.2, 0.25) is 0 Å². The molecule has 2 aromatic rings. The van der Waals surface area contributed by atoms with Gasteiger partial charge in [-0.2, -0.15) is 5.10 Å². The third-order valence-electron chi connectivity index (χ3n) is 3.01. The van der Waals surface area contributed by atoms with E-state index in [-0.39, 0.29) is 0 Å². The SMILES string of the molecule is CCn1nccc1CNc1cc(C)c(Br)c(C)c1. The molecule has 0 amide bonds. The lowest BCUT2D eigenvalue weighted by Crippen LogP contribution is -2.08. The molecule has 0 saturated carbocycles. The van der Waals surface area contributed by atoms with Crippen LogP contribution in [0.4, 0.5) is 5.69 Å². The number of benzene rings is 1. The van der Waals surface area contributed by atoms with Gasteiger partial charge >= 0.3 is 0 Å². The number of rotatable bonds is 4. The van der Waals surface area contributed by atoms with E-state index in [4.69, 9.17) is 0 Å². The van der Waals surface area contributed by atoms with Gasteiger partial charge in [-0.1, -0.05) is 15.9 Å². The number of hydrogen-bond donors (Lipinski definition) is 1. The molecule has 0 radical (unpaired) electrons. The van der Waals surface area contributed by atoms with E-state index >= 15 is 0 Å². The summed E-state index contributed by atoms with van der Waals surface area (Å²) in [6.07, 6.45) is 1.85. The van der Waals surface area contributed by atoms with Crippen LogP contribution in [0.25, 0.3) is 0 Å². The molecular formula is C14H18BrN3. The fraction of sp³-hybridized carbons (Fsp3) is 0.357. The van der Waals surface area contributed by atoms with Crippen molar-refractivity contribution in [3.05, 3.63) is 45.7 Å². The summed E-state index contributed by atoms with van der Waals surface area (Å²) in [6.45, 7) is 8.03. The van der Waals surface area contributed by atoms with E-state index < -0.39 is 0 Å². The van der Waals surface area contributed by atoms with Crippen molar-refractivity contribution in [2.24, 2.45) is 0 Å². The third kappa shape index (κ3) is 2.75. The summed E-state index contributed by atoms with van der Waals surface area (Å²) >= 11 is 3.58. The summed E-state index contributed by atoms with van der Waals surface area (Å²) in [5, 5.41) is 7.71. The van der Waals surface area contributed by atoms with Crippen molar-refractivity contribution in [1.29, 1.82) is 0 Å². The van der Waals surface area contributed by atoms with Crippen molar-refractivity contribution < 1.29 is 0 Å². The fourth-order valence-electron chi connectivity index (χ4n) is 2.04. The van der Waals surface area contributed by atoms with Gasteiger partial charge < -0.3 is 5.32 Å². The van der Waals surface area contributed by atoms with Crippen LogP contribution in [0.1, 0.15) is 23.7 Å². The Kier molecular flexibility index (Phi) is 4.07. The molecule has 1 aromatic carbocycles. The van der Waals surface area contributed by atoms with Crippen LogP contribution < -0.4 is 5.32 Å². The minimum absolute atomic E-state index is 0.800. The minimum Gasteiger partial charge on any atom is -0.379 e. The third-order valence-corrected chi connectivity index (χ3v) is 4.26. The Morgan fingerprint density at radius 2 is 1.94 bits per heavy atom. The van der Waals surface area contributed by atoms with Gasteiger partial charge in [0.15, 0.2) is 0 Å². The zero-order valence-electron chi connectivity index (χ0n) is 11.0. The second-order valence-electron chi connectivity index (χ2n) is 4.42. The maximum atomic E-state index is 4.27. The van der Waals surface area contributed by atoms with Gasteiger partial charge in [-0.15, -0.1) is 0 Å². The van der Waals surface area contributed by atoms with Crippen LogP contribution >= 0.6 is 15.9 Å². The second-order valence-corrected chi connectivity index (χ2v) is 5.21. The van der Waals surface area contributed by atoms with Gasteiger partial charge in [-0.05, 0) is 50.1 Å². The first kappa shape index (κ1) is 13.1. The first-order chi connectivity index (χ1) is 8.61. The van der Waals surface area contributed by atoms with Crippen molar-refractivity contribution in [3.8, 4) is 0 Å². The van der Waals surface area contributed by atoms with Crippen LogP contribution in [-0.2, 0) is 13.1 Å². The van der Waals surface area contributed by atoms with Crippen molar-refractivity contribution in [2.75, 3.05) is 5.32 Å². The van der Waals surface area contributed by atoms with Crippen molar-refractivity contribution >= 4 is 21.6 Å². The van der Waals surface area contributed by atoms with Crippen LogP contribution in [0.5, 0.6) is 0 Å². The monoisotopic (exact) mass is 307 g/mol. The predicted octanol–water partition coefficient (Wildman–Crippen LogP) is 3.89. The number of halogens is 1. The van der Waals surface area contributed by atoms with Gasteiger partial charge in [0, 0.05) is 22.9 Å². The molecule has 0 unspecified atom stereocenters. The quantitative estimate of drug-likeness (QED) is 0.928. The minimum atomic E-state index is 0.800. The molecule has 3 nitrogen and oxygen atoms in total. The maximum absolute atomic E-state index is 4.27. The van der Waals surface area contributed by atoms with Gasteiger partial charge in [-0.3, -0.25) is 4.68 Å².